The van der Waals surface area contributed by atoms with Gasteiger partial charge < -0.3 is 19.6 Å². The van der Waals surface area contributed by atoms with Crippen molar-refractivity contribution in [1.29, 1.82) is 0 Å². The Bertz CT molecular complexity index is 971. The van der Waals surface area contributed by atoms with Crippen LogP contribution in [0.2, 0.25) is 0 Å². The predicted molar refractivity (Wildman–Crippen MR) is 99.2 cm³/mol. The standard InChI is InChI=1S/C19H23N5O2/c1-26-9-8-23-17(21-22-19(23)14-10-15(20)11-14)12-24-16-5-3-2-4-13(16)6-7-18(24)25/h2-7,14-15H,8-12,20H2,1H3. The van der Waals surface area contributed by atoms with Crippen LogP contribution in [-0.2, 0) is 17.8 Å². The van der Waals surface area contributed by atoms with E-state index in [1.807, 2.05) is 30.3 Å². The quantitative estimate of drug-likeness (QED) is 0.725. The number of ether oxygens (including phenoxy) is 1. The van der Waals surface area contributed by atoms with Gasteiger partial charge in [0.1, 0.15) is 5.82 Å². The third kappa shape index (κ3) is 3.04. The van der Waals surface area contributed by atoms with Crippen LogP contribution in [0.5, 0.6) is 0 Å². The monoisotopic (exact) mass is 353 g/mol. The van der Waals surface area contributed by atoms with Crippen molar-refractivity contribution in [2.45, 2.75) is 37.9 Å². The molecule has 1 aliphatic carbocycles. The third-order valence-corrected chi connectivity index (χ3v) is 5.11. The van der Waals surface area contributed by atoms with Crippen LogP contribution >= 0.6 is 0 Å². The summed E-state index contributed by atoms with van der Waals surface area (Å²) in [6.45, 7) is 1.62. The van der Waals surface area contributed by atoms with E-state index in [2.05, 4.69) is 14.8 Å². The lowest BCUT2D eigenvalue weighted by Crippen LogP contribution is -2.36. The topological polar surface area (TPSA) is 88.0 Å². The third-order valence-electron chi connectivity index (χ3n) is 5.11. The van der Waals surface area contributed by atoms with Crippen molar-refractivity contribution in [2.75, 3.05) is 13.7 Å². The average molecular weight is 353 g/mol. The fourth-order valence-electron chi connectivity index (χ4n) is 3.62. The Balaban J connectivity index is 1.72. The maximum absolute atomic E-state index is 12.5. The summed E-state index contributed by atoms with van der Waals surface area (Å²) in [6.07, 6.45) is 1.86. The molecule has 1 saturated carbocycles. The van der Waals surface area contributed by atoms with Gasteiger partial charge in [-0.05, 0) is 30.4 Å². The first-order valence-electron chi connectivity index (χ1n) is 8.92. The van der Waals surface area contributed by atoms with Gasteiger partial charge in [-0.25, -0.2) is 0 Å². The van der Waals surface area contributed by atoms with Crippen molar-refractivity contribution in [3.63, 3.8) is 0 Å². The van der Waals surface area contributed by atoms with Gasteiger partial charge in [0.05, 0.1) is 18.7 Å². The molecule has 26 heavy (non-hydrogen) atoms. The molecule has 0 aliphatic heterocycles. The van der Waals surface area contributed by atoms with Gasteiger partial charge in [0.2, 0.25) is 0 Å². The summed E-state index contributed by atoms with van der Waals surface area (Å²) < 4.78 is 9.09. The summed E-state index contributed by atoms with van der Waals surface area (Å²) in [7, 11) is 1.68. The van der Waals surface area contributed by atoms with Crippen LogP contribution in [0.4, 0.5) is 0 Å². The summed E-state index contributed by atoms with van der Waals surface area (Å²) in [5, 5.41) is 9.84. The molecule has 1 aliphatic rings. The largest absolute Gasteiger partial charge is 0.383 e. The lowest BCUT2D eigenvalue weighted by Gasteiger charge is -2.31. The lowest BCUT2D eigenvalue weighted by atomic mass is 9.80. The molecule has 0 saturated heterocycles. The zero-order valence-corrected chi connectivity index (χ0v) is 14.8. The number of methoxy groups -OCH3 is 1. The van der Waals surface area contributed by atoms with Crippen LogP contribution in [-0.4, -0.2) is 39.1 Å². The van der Waals surface area contributed by atoms with Gasteiger partial charge in [-0.2, -0.15) is 0 Å². The van der Waals surface area contributed by atoms with E-state index < -0.39 is 0 Å². The molecule has 0 spiro atoms. The van der Waals surface area contributed by atoms with Gasteiger partial charge in [0.25, 0.3) is 5.56 Å². The van der Waals surface area contributed by atoms with Crippen LogP contribution in [0.15, 0.2) is 41.2 Å². The van der Waals surface area contributed by atoms with Gasteiger partial charge in [0.15, 0.2) is 5.82 Å². The minimum atomic E-state index is -0.0443. The summed E-state index contributed by atoms with van der Waals surface area (Å²) >= 11 is 0. The molecule has 0 bridgehead atoms. The Morgan fingerprint density at radius 1 is 1.15 bits per heavy atom. The molecule has 7 nitrogen and oxygen atoms in total. The first-order valence-corrected chi connectivity index (χ1v) is 8.92. The molecule has 2 aromatic heterocycles. The molecule has 0 unspecified atom stereocenters. The van der Waals surface area contributed by atoms with Crippen molar-refractivity contribution in [2.24, 2.45) is 5.73 Å². The van der Waals surface area contributed by atoms with Gasteiger partial charge in [-0.15, -0.1) is 10.2 Å². The average Bonchev–Trinajstić information content (AvgIpc) is 3.01. The van der Waals surface area contributed by atoms with Crippen molar-refractivity contribution in [3.05, 3.63) is 58.4 Å². The van der Waals surface area contributed by atoms with Gasteiger partial charge in [-0.1, -0.05) is 18.2 Å². The smallest absolute Gasteiger partial charge is 0.251 e. The molecule has 2 N–H and O–H groups in total. The van der Waals surface area contributed by atoms with Crippen molar-refractivity contribution < 1.29 is 4.74 Å². The number of hydrogen-bond acceptors (Lipinski definition) is 5. The maximum Gasteiger partial charge on any atom is 0.251 e. The molecule has 136 valence electrons. The molecule has 0 amide bonds. The van der Waals surface area contributed by atoms with Gasteiger partial charge in [-0.3, -0.25) is 4.79 Å². The molecule has 1 aromatic carbocycles. The van der Waals surface area contributed by atoms with Crippen LogP contribution in [0, 0.1) is 0 Å². The Kier molecular flexibility index (Phi) is 4.57. The highest BCUT2D eigenvalue weighted by molar-refractivity contribution is 5.78. The highest BCUT2D eigenvalue weighted by atomic mass is 16.5. The maximum atomic E-state index is 12.5. The van der Waals surface area contributed by atoms with E-state index >= 15 is 0 Å². The second kappa shape index (κ2) is 7.01. The van der Waals surface area contributed by atoms with E-state index in [1.165, 1.54) is 0 Å². The molecule has 0 radical (unpaired) electrons. The van der Waals surface area contributed by atoms with Crippen molar-refractivity contribution in [3.8, 4) is 0 Å². The van der Waals surface area contributed by atoms with Crippen molar-refractivity contribution in [1.82, 2.24) is 19.3 Å². The lowest BCUT2D eigenvalue weighted by molar-refractivity contribution is 0.183. The first-order chi connectivity index (χ1) is 12.7. The van der Waals surface area contributed by atoms with E-state index in [9.17, 15) is 4.79 Å². The molecule has 7 heteroatoms. The van der Waals surface area contributed by atoms with Crippen molar-refractivity contribution >= 4 is 10.9 Å². The number of para-hydroxylation sites is 1. The number of fused-ring (bicyclic) bond motifs is 1. The molecule has 1 fully saturated rings. The number of nitrogens with two attached hydrogens (primary N) is 1. The number of rotatable bonds is 6. The fourth-order valence-corrected chi connectivity index (χ4v) is 3.62. The van der Waals surface area contributed by atoms with Gasteiger partial charge in [0, 0.05) is 31.7 Å². The zero-order chi connectivity index (χ0) is 18.1. The zero-order valence-electron chi connectivity index (χ0n) is 14.8. The van der Waals surface area contributed by atoms with Crippen LogP contribution in [0.25, 0.3) is 10.9 Å². The van der Waals surface area contributed by atoms with E-state index in [4.69, 9.17) is 10.5 Å². The van der Waals surface area contributed by atoms with Crippen LogP contribution in [0.3, 0.4) is 0 Å². The first kappa shape index (κ1) is 16.9. The molecule has 0 atom stereocenters. The van der Waals surface area contributed by atoms with Crippen LogP contribution in [0.1, 0.15) is 30.4 Å². The Morgan fingerprint density at radius 2 is 1.96 bits per heavy atom. The molecular formula is C19H23N5O2. The second-order valence-corrected chi connectivity index (χ2v) is 6.86. The highest BCUT2D eigenvalue weighted by Gasteiger charge is 2.32. The minimum absolute atomic E-state index is 0.0443. The fraction of sp³-hybridized carbons (Fsp3) is 0.421. The predicted octanol–water partition coefficient (Wildman–Crippen LogP) is 1.49. The summed E-state index contributed by atoms with van der Waals surface area (Å²) in [5.41, 5.74) is 6.79. The van der Waals surface area contributed by atoms with E-state index in [-0.39, 0.29) is 11.6 Å². The summed E-state index contributed by atoms with van der Waals surface area (Å²) in [5.74, 6) is 2.07. The number of hydrogen-bond donors (Lipinski definition) is 1. The molecule has 3 aromatic rings. The number of pyridine rings is 1. The van der Waals surface area contributed by atoms with E-state index in [0.29, 0.717) is 25.6 Å². The normalized spacial score (nSPS) is 19.6. The number of benzene rings is 1. The molecule has 2 heterocycles. The Hall–Kier alpha value is -2.51. The Morgan fingerprint density at radius 3 is 2.73 bits per heavy atom. The highest BCUT2D eigenvalue weighted by Crippen LogP contribution is 2.34. The number of aromatic nitrogens is 4. The van der Waals surface area contributed by atoms with Crippen LogP contribution < -0.4 is 11.3 Å². The SMILES string of the molecule is COCCn1c(Cn2c(=O)ccc3ccccc32)nnc1C1CC(N)C1. The van der Waals surface area contributed by atoms with Gasteiger partial charge >= 0.3 is 0 Å². The summed E-state index contributed by atoms with van der Waals surface area (Å²) in [4.78, 5) is 12.5. The summed E-state index contributed by atoms with van der Waals surface area (Å²) in [6, 6.07) is 11.6. The molecular weight excluding hydrogens is 330 g/mol. The minimum Gasteiger partial charge on any atom is -0.383 e. The van der Waals surface area contributed by atoms with E-state index in [0.717, 1.165) is 35.4 Å². The Labute approximate surface area is 151 Å². The number of nitrogens with zero attached hydrogens (tertiary/aromatic N) is 4. The molecule has 4 rings (SSSR count). The van der Waals surface area contributed by atoms with E-state index in [1.54, 1.807) is 17.7 Å². The second-order valence-electron chi connectivity index (χ2n) is 6.86.